The van der Waals surface area contributed by atoms with Crippen molar-refractivity contribution in [1.29, 1.82) is 0 Å². The summed E-state index contributed by atoms with van der Waals surface area (Å²) in [7, 11) is 0. The Morgan fingerprint density at radius 1 is 1.38 bits per heavy atom. The molecule has 0 aliphatic rings. The first kappa shape index (κ1) is 10.6. The van der Waals surface area contributed by atoms with Crippen LogP contribution in [0.25, 0.3) is 0 Å². The van der Waals surface area contributed by atoms with Gasteiger partial charge in [-0.1, -0.05) is 12.1 Å². The van der Waals surface area contributed by atoms with Crippen LogP contribution in [-0.2, 0) is 13.1 Å². The van der Waals surface area contributed by atoms with Crippen molar-refractivity contribution in [2.75, 3.05) is 5.73 Å². The van der Waals surface area contributed by atoms with Crippen molar-refractivity contribution in [2.45, 2.75) is 33.4 Å². The molecule has 0 saturated heterocycles. The minimum atomic E-state index is 0.460. The number of nitrogens with zero attached hydrogens (tertiary/aromatic N) is 6. The van der Waals surface area contributed by atoms with Gasteiger partial charge in [-0.15, -0.1) is 5.10 Å². The van der Waals surface area contributed by atoms with E-state index in [4.69, 9.17) is 5.73 Å². The summed E-state index contributed by atoms with van der Waals surface area (Å²) in [6, 6.07) is 0. The molecule has 86 valence electrons. The first-order valence-electron chi connectivity index (χ1n) is 5.24. The molecule has 2 rings (SSSR count). The highest BCUT2D eigenvalue weighted by Crippen LogP contribution is 2.07. The Labute approximate surface area is 93.3 Å². The molecule has 2 aromatic rings. The Balaban J connectivity index is 2.20. The van der Waals surface area contributed by atoms with Crippen molar-refractivity contribution in [1.82, 2.24) is 29.8 Å². The minimum Gasteiger partial charge on any atom is -0.381 e. The summed E-state index contributed by atoms with van der Waals surface area (Å²) in [6.07, 6.45) is 2.58. The lowest BCUT2D eigenvalue weighted by atomic mass is 10.4. The number of aryl methyl sites for hydroxylation is 1. The highest BCUT2D eigenvalue weighted by Gasteiger charge is 2.09. The van der Waals surface area contributed by atoms with Gasteiger partial charge in [0, 0.05) is 6.54 Å². The topological polar surface area (TPSA) is 87.4 Å². The van der Waals surface area contributed by atoms with E-state index >= 15 is 0 Å². The van der Waals surface area contributed by atoms with E-state index in [2.05, 4.69) is 27.3 Å². The molecule has 0 fully saturated rings. The maximum atomic E-state index is 5.63. The molecule has 0 saturated carbocycles. The highest BCUT2D eigenvalue weighted by atomic mass is 15.5. The number of anilines is 1. The molecule has 0 aromatic carbocycles. The summed E-state index contributed by atoms with van der Waals surface area (Å²) in [5.74, 6) is 1.33. The molecule has 0 bridgehead atoms. The van der Waals surface area contributed by atoms with Crippen LogP contribution in [0.4, 0.5) is 5.82 Å². The van der Waals surface area contributed by atoms with Gasteiger partial charge in [0.25, 0.3) is 0 Å². The van der Waals surface area contributed by atoms with Gasteiger partial charge in [0.05, 0.1) is 5.69 Å². The van der Waals surface area contributed by atoms with Crippen molar-refractivity contribution in [2.24, 2.45) is 0 Å². The second-order valence-corrected chi connectivity index (χ2v) is 3.62. The molecule has 16 heavy (non-hydrogen) atoms. The fourth-order valence-electron chi connectivity index (χ4n) is 1.47. The van der Waals surface area contributed by atoms with Gasteiger partial charge in [-0.3, -0.25) is 0 Å². The quantitative estimate of drug-likeness (QED) is 0.797. The summed E-state index contributed by atoms with van der Waals surface area (Å²) in [5.41, 5.74) is 6.48. The number of hydrogen-bond acceptors (Lipinski definition) is 5. The van der Waals surface area contributed by atoms with Crippen LogP contribution in [0.3, 0.4) is 0 Å². The van der Waals surface area contributed by atoms with Crippen molar-refractivity contribution in [3.63, 3.8) is 0 Å². The van der Waals surface area contributed by atoms with Crippen LogP contribution in [0.15, 0.2) is 6.33 Å². The Hall–Kier alpha value is -1.92. The van der Waals surface area contributed by atoms with E-state index in [1.807, 2.05) is 11.6 Å². The van der Waals surface area contributed by atoms with E-state index in [0.717, 1.165) is 24.5 Å². The fraction of sp³-hybridized carbons (Fsp3) is 0.556. The largest absolute Gasteiger partial charge is 0.381 e. The molecule has 7 nitrogen and oxygen atoms in total. The second-order valence-electron chi connectivity index (χ2n) is 3.62. The lowest BCUT2D eigenvalue weighted by Crippen LogP contribution is -2.12. The summed E-state index contributed by atoms with van der Waals surface area (Å²) in [6.45, 7) is 5.40. The van der Waals surface area contributed by atoms with Gasteiger partial charge in [-0.05, 0) is 13.3 Å². The average molecular weight is 221 g/mol. The monoisotopic (exact) mass is 221 g/mol. The molecular formula is C9H15N7. The zero-order chi connectivity index (χ0) is 11.5. The maximum absolute atomic E-state index is 5.63. The number of hydrogen-bond donors (Lipinski definition) is 1. The molecule has 2 aromatic heterocycles. The van der Waals surface area contributed by atoms with Crippen LogP contribution in [-0.4, -0.2) is 29.8 Å². The summed E-state index contributed by atoms with van der Waals surface area (Å²) < 4.78 is 3.60. The SMILES string of the molecule is CCCn1ncnc1Cn1nnc(N)c1C. The van der Waals surface area contributed by atoms with Gasteiger partial charge >= 0.3 is 0 Å². The third-order valence-electron chi connectivity index (χ3n) is 2.44. The van der Waals surface area contributed by atoms with Gasteiger partial charge in [0.2, 0.25) is 0 Å². The zero-order valence-corrected chi connectivity index (χ0v) is 9.46. The molecular weight excluding hydrogens is 206 g/mol. The molecule has 2 N–H and O–H groups in total. The van der Waals surface area contributed by atoms with Gasteiger partial charge in [0.1, 0.15) is 18.7 Å². The number of nitrogen functional groups attached to an aromatic ring is 1. The van der Waals surface area contributed by atoms with Crippen molar-refractivity contribution >= 4 is 5.82 Å². The predicted octanol–water partition coefficient (Wildman–Crippen LogP) is 0.219. The maximum Gasteiger partial charge on any atom is 0.168 e. The third-order valence-corrected chi connectivity index (χ3v) is 2.44. The zero-order valence-electron chi connectivity index (χ0n) is 9.46. The van der Waals surface area contributed by atoms with Crippen LogP contribution >= 0.6 is 0 Å². The van der Waals surface area contributed by atoms with Crippen LogP contribution in [0.1, 0.15) is 24.9 Å². The van der Waals surface area contributed by atoms with Gasteiger partial charge in [0.15, 0.2) is 5.82 Å². The van der Waals surface area contributed by atoms with E-state index in [9.17, 15) is 0 Å². The van der Waals surface area contributed by atoms with Crippen LogP contribution in [0.2, 0.25) is 0 Å². The van der Waals surface area contributed by atoms with Crippen LogP contribution in [0.5, 0.6) is 0 Å². The van der Waals surface area contributed by atoms with Gasteiger partial charge < -0.3 is 5.73 Å². The van der Waals surface area contributed by atoms with E-state index in [1.165, 1.54) is 0 Å². The smallest absolute Gasteiger partial charge is 0.168 e. The van der Waals surface area contributed by atoms with Crippen LogP contribution in [0, 0.1) is 6.92 Å². The molecule has 2 heterocycles. The lowest BCUT2D eigenvalue weighted by molar-refractivity contribution is 0.528. The number of rotatable bonds is 4. The molecule has 0 unspecified atom stereocenters. The molecule has 0 spiro atoms. The van der Waals surface area contributed by atoms with Crippen LogP contribution < -0.4 is 5.73 Å². The van der Waals surface area contributed by atoms with Gasteiger partial charge in [-0.25, -0.2) is 14.3 Å². The van der Waals surface area contributed by atoms with E-state index in [1.54, 1.807) is 11.0 Å². The average Bonchev–Trinajstić information content (AvgIpc) is 2.82. The predicted molar refractivity (Wildman–Crippen MR) is 58.6 cm³/mol. The molecule has 0 amide bonds. The van der Waals surface area contributed by atoms with Gasteiger partial charge in [-0.2, -0.15) is 5.10 Å². The normalized spacial score (nSPS) is 10.9. The van der Waals surface area contributed by atoms with Crippen molar-refractivity contribution < 1.29 is 0 Å². The van der Waals surface area contributed by atoms with Crippen molar-refractivity contribution in [3.8, 4) is 0 Å². The highest BCUT2D eigenvalue weighted by molar-refractivity contribution is 5.31. The standard InChI is InChI=1S/C9H15N7/c1-3-4-15-8(11-6-12-15)5-16-7(2)9(10)13-14-16/h6H,3-5,10H2,1-2H3. The van der Waals surface area contributed by atoms with E-state index < -0.39 is 0 Å². The number of aromatic nitrogens is 6. The lowest BCUT2D eigenvalue weighted by Gasteiger charge is -2.05. The molecule has 0 radical (unpaired) electrons. The first-order chi connectivity index (χ1) is 7.72. The molecule has 7 heteroatoms. The first-order valence-corrected chi connectivity index (χ1v) is 5.24. The van der Waals surface area contributed by atoms with E-state index in [0.29, 0.717) is 12.4 Å². The Bertz CT molecular complexity index is 470. The number of nitrogens with two attached hydrogens (primary N) is 1. The second kappa shape index (κ2) is 4.30. The van der Waals surface area contributed by atoms with E-state index in [-0.39, 0.29) is 0 Å². The van der Waals surface area contributed by atoms with Crippen molar-refractivity contribution in [3.05, 3.63) is 17.8 Å². The molecule has 0 aliphatic heterocycles. The summed E-state index contributed by atoms with van der Waals surface area (Å²) in [4.78, 5) is 4.20. The minimum absolute atomic E-state index is 0.460. The fourth-order valence-corrected chi connectivity index (χ4v) is 1.47. The molecule has 0 atom stereocenters. The Morgan fingerprint density at radius 3 is 2.81 bits per heavy atom. The Morgan fingerprint density at radius 2 is 2.19 bits per heavy atom. The summed E-state index contributed by atoms with van der Waals surface area (Å²) in [5, 5.41) is 11.9. The third kappa shape index (κ3) is 1.88. The summed E-state index contributed by atoms with van der Waals surface area (Å²) >= 11 is 0. The molecule has 0 aliphatic carbocycles. The Kier molecular flexibility index (Phi) is 2.84.